The third-order valence-corrected chi connectivity index (χ3v) is 9.83. The first-order valence-corrected chi connectivity index (χ1v) is 15.9. The summed E-state index contributed by atoms with van der Waals surface area (Å²) in [7, 11) is 2.12. The lowest BCUT2D eigenvalue weighted by Gasteiger charge is -2.33. The molecule has 218 valence electrons. The van der Waals surface area contributed by atoms with E-state index in [4.69, 9.17) is 4.74 Å². The number of benzene rings is 5. The van der Waals surface area contributed by atoms with Gasteiger partial charge in [-0.25, -0.2) is 4.39 Å². The van der Waals surface area contributed by atoms with Crippen LogP contribution in [0.2, 0.25) is 0 Å². The minimum atomic E-state index is -0.252. The highest BCUT2D eigenvalue weighted by atomic mass is 31.1. The average molecular weight is 588 g/mol. The summed E-state index contributed by atoms with van der Waals surface area (Å²) in [6.07, 6.45) is 4.27. The summed E-state index contributed by atoms with van der Waals surface area (Å²) >= 11 is 0. The van der Waals surface area contributed by atoms with Crippen molar-refractivity contribution in [2.24, 2.45) is 4.99 Å². The van der Waals surface area contributed by atoms with Crippen LogP contribution in [0, 0.1) is 5.82 Å². The number of halogens is 1. The SMILES string of the molecule is CCC(C)(Pc1ccc(F)cc1C=NC)c1cc(Cc2ccccc2)cc(Cc2ccccc2)c1OCc1ccccc1. The molecule has 5 aromatic rings. The van der Waals surface area contributed by atoms with Crippen LogP contribution in [0.4, 0.5) is 4.39 Å². The van der Waals surface area contributed by atoms with Gasteiger partial charge in [-0.15, -0.1) is 0 Å². The van der Waals surface area contributed by atoms with E-state index in [0.29, 0.717) is 15.2 Å². The van der Waals surface area contributed by atoms with Crippen molar-refractivity contribution in [3.05, 3.63) is 166 Å². The van der Waals surface area contributed by atoms with Gasteiger partial charge < -0.3 is 4.74 Å². The van der Waals surface area contributed by atoms with Gasteiger partial charge in [0, 0.05) is 36.0 Å². The zero-order valence-electron chi connectivity index (χ0n) is 25.2. The second-order valence-electron chi connectivity index (χ2n) is 11.2. The van der Waals surface area contributed by atoms with Crippen molar-refractivity contribution in [2.75, 3.05) is 7.05 Å². The molecule has 5 aromatic carbocycles. The Labute approximate surface area is 257 Å². The van der Waals surface area contributed by atoms with E-state index in [1.807, 2.05) is 12.1 Å². The summed E-state index contributed by atoms with van der Waals surface area (Å²) in [5.41, 5.74) is 8.13. The van der Waals surface area contributed by atoms with Crippen LogP contribution in [0.25, 0.3) is 0 Å². The van der Waals surface area contributed by atoms with Gasteiger partial charge in [0.05, 0.1) is 0 Å². The van der Waals surface area contributed by atoms with Gasteiger partial charge in [0.15, 0.2) is 0 Å². The summed E-state index contributed by atoms with van der Waals surface area (Å²) < 4.78 is 21.1. The van der Waals surface area contributed by atoms with E-state index in [1.165, 1.54) is 27.8 Å². The largest absolute Gasteiger partial charge is 0.488 e. The van der Waals surface area contributed by atoms with Gasteiger partial charge in [-0.05, 0) is 58.1 Å². The minimum Gasteiger partial charge on any atom is -0.488 e. The smallest absolute Gasteiger partial charge is 0.127 e. The number of nitrogens with zero attached hydrogens (tertiary/aromatic N) is 1. The second-order valence-corrected chi connectivity index (χ2v) is 13.1. The molecule has 2 atom stereocenters. The molecule has 0 N–H and O–H groups in total. The molecule has 0 aliphatic rings. The first-order valence-electron chi connectivity index (χ1n) is 14.9. The molecule has 0 saturated heterocycles. The first-order chi connectivity index (χ1) is 21.0. The van der Waals surface area contributed by atoms with Gasteiger partial charge in [0.25, 0.3) is 0 Å². The molecule has 0 bridgehead atoms. The van der Waals surface area contributed by atoms with Crippen LogP contribution in [0.15, 0.2) is 126 Å². The highest BCUT2D eigenvalue weighted by molar-refractivity contribution is 7.48. The summed E-state index contributed by atoms with van der Waals surface area (Å²) in [6, 6.07) is 41.3. The number of hydrogen-bond acceptors (Lipinski definition) is 2. The zero-order chi connectivity index (χ0) is 30.1. The summed E-state index contributed by atoms with van der Waals surface area (Å²) in [5, 5.41) is 0.849. The minimum absolute atomic E-state index is 0.247. The Morgan fingerprint density at radius 2 is 1.35 bits per heavy atom. The third-order valence-electron chi connectivity index (χ3n) is 7.93. The lowest BCUT2D eigenvalue weighted by Crippen LogP contribution is -2.22. The number of hydrogen-bond donors (Lipinski definition) is 0. The van der Waals surface area contributed by atoms with Crippen molar-refractivity contribution in [3.8, 4) is 5.75 Å². The molecule has 0 spiro atoms. The predicted octanol–water partition coefficient (Wildman–Crippen LogP) is 9.26. The zero-order valence-corrected chi connectivity index (χ0v) is 26.2. The molecule has 0 aliphatic carbocycles. The Kier molecular flexibility index (Phi) is 10.2. The monoisotopic (exact) mass is 587 g/mol. The lowest BCUT2D eigenvalue weighted by molar-refractivity contribution is 0.297. The quantitative estimate of drug-likeness (QED) is 0.105. The molecule has 0 aromatic heterocycles. The second kappa shape index (κ2) is 14.4. The Hall–Kier alpha value is -4.07. The molecule has 43 heavy (non-hydrogen) atoms. The molecule has 0 heterocycles. The van der Waals surface area contributed by atoms with E-state index >= 15 is 0 Å². The topological polar surface area (TPSA) is 21.6 Å². The molecule has 2 unspecified atom stereocenters. The van der Waals surface area contributed by atoms with E-state index in [-0.39, 0.29) is 11.0 Å². The van der Waals surface area contributed by atoms with Crippen LogP contribution in [0.3, 0.4) is 0 Å². The van der Waals surface area contributed by atoms with Gasteiger partial charge >= 0.3 is 0 Å². The molecule has 5 rings (SSSR count). The predicted molar refractivity (Wildman–Crippen MR) is 181 cm³/mol. The van der Waals surface area contributed by atoms with E-state index in [1.54, 1.807) is 25.4 Å². The molecule has 0 saturated carbocycles. The number of rotatable bonds is 12. The molecular weight excluding hydrogens is 548 g/mol. The van der Waals surface area contributed by atoms with Gasteiger partial charge in [0.2, 0.25) is 0 Å². The summed E-state index contributed by atoms with van der Waals surface area (Å²) in [4.78, 5) is 4.23. The average Bonchev–Trinajstić information content (AvgIpc) is 3.03. The standard InChI is InChI=1S/C39H39FNOP/c1-4-39(2,43-37-21-20-35(40)26-34(37)27-41-3)36-25-32(22-29-14-8-5-9-15-29)24-33(23-30-16-10-6-11-17-30)38(36)42-28-31-18-12-7-13-19-31/h5-21,24-27,43H,4,22-23,28H2,1-3H3. The molecule has 0 aliphatic heterocycles. The van der Waals surface area contributed by atoms with Crippen molar-refractivity contribution in [2.45, 2.75) is 44.9 Å². The highest BCUT2D eigenvalue weighted by Crippen LogP contribution is 2.49. The Bertz CT molecular complexity index is 1650. The molecular formula is C39H39FNOP. The van der Waals surface area contributed by atoms with Crippen LogP contribution in [-0.4, -0.2) is 13.3 Å². The van der Waals surface area contributed by atoms with E-state index in [0.717, 1.165) is 41.4 Å². The number of aliphatic imine (C=N–C) groups is 1. The van der Waals surface area contributed by atoms with Gasteiger partial charge in [-0.1, -0.05) is 132 Å². The van der Waals surface area contributed by atoms with E-state index in [2.05, 4.69) is 116 Å². The van der Waals surface area contributed by atoms with Gasteiger partial charge in [0.1, 0.15) is 18.2 Å². The molecule has 0 radical (unpaired) electrons. The lowest BCUT2D eigenvalue weighted by atomic mass is 9.88. The first kappa shape index (κ1) is 30.4. The van der Waals surface area contributed by atoms with E-state index in [9.17, 15) is 4.39 Å². The molecule has 0 fully saturated rings. The Balaban J connectivity index is 1.66. The maximum absolute atomic E-state index is 14.3. The van der Waals surface area contributed by atoms with Gasteiger partial charge in [-0.2, -0.15) is 0 Å². The van der Waals surface area contributed by atoms with Gasteiger partial charge in [-0.3, -0.25) is 4.99 Å². The highest BCUT2D eigenvalue weighted by Gasteiger charge is 2.31. The maximum atomic E-state index is 14.3. The third kappa shape index (κ3) is 7.86. The Morgan fingerprint density at radius 3 is 1.95 bits per heavy atom. The summed E-state index contributed by atoms with van der Waals surface area (Å²) in [5.74, 6) is 0.706. The van der Waals surface area contributed by atoms with Crippen molar-refractivity contribution in [3.63, 3.8) is 0 Å². The van der Waals surface area contributed by atoms with Crippen LogP contribution >= 0.6 is 8.58 Å². The van der Waals surface area contributed by atoms with E-state index < -0.39 is 0 Å². The number of ether oxygens (including phenoxy) is 1. The van der Waals surface area contributed by atoms with Crippen LogP contribution in [-0.2, 0) is 24.6 Å². The van der Waals surface area contributed by atoms with Crippen molar-refractivity contribution < 1.29 is 9.13 Å². The fraction of sp³-hybridized carbons (Fsp3) is 0.205. The van der Waals surface area contributed by atoms with Crippen LogP contribution in [0.5, 0.6) is 5.75 Å². The molecule has 4 heteroatoms. The van der Waals surface area contributed by atoms with Crippen molar-refractivity contribution in [1.29, 1.82) is 0 Å². The maximum Gasteiger partial charge on any atom is 0.127 e. The normalized spacial score (nSPS) is 13.0. The summed E-state index contributed by atoms with van der Waals surface area (Å²) in [6.45, 7) is 5.05. The fourth-order valence-corrected chi connectivity index (χ4v) is 7.02. The fourth-order valence-electron chi connectivity index (χ4n) is 5.48. The Morgan fingerprint density at radius 1 is 0.744 bits per heavy atom. The van der Waals surface area contributed by atoms with Crippen molar-refractivity contribution >= 4 is 20.1 Å². The van der Waals surface area contributed by atoms with Crippen LogP contribution < -0.4 is 10.0 Å². The van der Waals surface area contributed by atoms with Crippen molar-refractivity contribution in [1.82, 2.24) is 0 Å². The van der Waals surface area contributed by atoms with Crippen LogP contribution in [0.1, 0.15) is 59.2 Å². The molecule has 2 nitrogen and oxygen atoms in total. The molecule has 0 amide bonds.